The lowest BCUT2D eigenvalue weighted by molar-refractivity contribution is -0.123. The molecule has 0 heterocycles. The number of carbonyl (C=O) groups excluding carboxylic acids is 1. The number of aliphatic hydroxyl groups excluding tert-OH is 2. The molecule has 2 atom stereocenters. The van der Waals surface area contributed by atoms with E-state index in [-0.39, 0.29) is 12.5 Å². The summed E-state index contributed by atoms with van der Waals surface area (Å²) in [5.74, 6) is -0.0416. The molecule has 0 radical (unpaired) electrons. The maximum atomic E-state index is 12.4. The number of carbonyl (C=O) groups is 1. The maximum absolute atomic E-state index is 12.4. The van der Waals surface area contributed by atoms with E-state index in [2.05, 4.69) is 55.6 Å². The van der Waals surface area contributed by atoms with E-state index < -0.39 is 12.1 Å². The summed E-state index contributed by atoms with van der Waals surface area (Å²) in [6.07, 6.45) is 63.9. The average Bonchev–Trinajstić information content (AvgIpc) is 3.20. The highest BCUT2D eigenvalue weighted by Gasteiger charge is 2.20. The second-order valence-electron chi connectivity index (χ2n) is 17.2. The summed E-state index contributed by atoms with van der Waals surface area (Å²) >= 11 is 0. The lowest BCUT2D eigenvalue weighted by atomic mass is 10.0. The van der Waals surface area contributed by atoms with Crippen molar-refractivity contribution in [1.29, 1.82) is 0 Å². The lowest BCUT2D eigenvalue weighted by Gasteiger charge is -2.22. The fraction of sp³-hybridized carbons (Fsp3) is 0.865. The molecule has 4 heteroatoms. The number of hydrogen-bond acceptors (Lipinski definition) is 3. The predicted octanol–water partition coefficient (Wildman–Crippen LogP) is 16.1. The molecule has 4 nitrogen and oxygen atoms in total. The van der Waals surface area contributed by atoms with Crippen LogP contribution in [0.25, 0.3) is 0 Å². The van der Waals surface area contributed by atoms with Crippen LogP contribution in [0.15, 0.2) is 36.5 Å². The van der Waals surface area contributed by atoms with Crippen molar-refractivity contribution in [2.45, 2.75) is 283 Å². The van der Waals surface area contributed by atoms with Gasteiger partial charge in [-0.3, -0.25) is 4.79 Å². The van der Waals surface area contributed by atoms with E-state index in [0.29, 0.717) is 12.8 Å². The monoisotopic (exact) mass is 786 g/mol. The van der Waals surface area contributed by atoms with E-state index in [9.17, 15) is 15.0 Å². The molecule has 3 N–H and O–H groups in total. The first-order chi connectivity index (χ1) is 27.7. The van der Waals surface area contributed by atoms with Crippen molar-refractivity contribution < 1.29 is 15.0 Å². The largest absolute Gasteiger partial charge is 0.394 e. The summed E-state index contributed by atoms with van der Waals surface area (Å²) in [5.41, 5.74) is 0. The Morgan fingerprint density at radius 1 is 0.429 bits per heavy atom. The van der Waals surface area contributed by atoms with Crippen molar-refractivity contribution in [3.63, 3.8) is 0 Å². The summed E-state index contributed by atoms with van der Waals surface area (Å²) in [5, 5.41) is 23.3. The Morgan fingerprint density at radius 3 is 1.12 bits per heavy atom. The van der Waals surface area contributed by atoms with Crippen LogP contribution in [0.3, 0.4) is 0 Å². The van der Waals surface area contributed by atoms with Crippen molar-refractivity contribution in [3.8, 4) is 0 Å². The van der Waals surface area contributed by atoms with Gasteiger partial charge < -0.3 is 15.5 Å². The van der Waals surface area contributed by atoms with Crippen LogP contribution in [0.1, 0.15) is 271 Å². The summed E-state index contributed by atoms with van der Waals surface area (Å²) < 4.78 is 0. The molecule has 56 heavy (non-hydrogen) atoms. The zero-order chi connectivity index (χ0) is 40.7. The fourth-order valence-electron chi connectivity index (χ4n) is 7.78. The van der Waals surface area contributed by atoms with E-state index in [4.69, 9.17) is 0 Å². The number of rotatable bonds is 46. The van der Waals surface area contributed by atoms with Gasteiger partial charge in [-0.2, -0.15) is 0 Å². The Labute approximate surface area is 351 Å². The molecule has 0 aliphatic heterocycles. The average molecular weight is 786 g/mol. The Balaban J connectivity index is 3.49. The van der Waals surface area contributed by atoms with Crippen LogP contribution in [-0.2, 0) is 4.79 Å². The van der Waals surface area contributed by atoms with Crippen molar-refractivity contribution in [3.05, 3.63) is 36.5 Å². The van der Waals surface area contributed by atoms with Gasteiger partial charge in [0.2, 0.25) is 5.91 Å². The third-order valence-electron chi connectivity index (χ3n) is 11.7. The van der Waals surface area contributed by atoms with Crippen LogP contribution < -0.4 is 5.32 Å². The van der Waals surface area contributed by atoms with Gasteiger partial charge in [-0.15, -0.1) is 0 Å². The SMILES string of the molecule is CCCCC/C=C\C/C=C\C/C=C\CCCCCCCCC(=O)NC(CO)C(O)CCCCCCCCCCCCCCCCCCCCCCCCCCC. The number of nitrogens with one attached hydrogen (secondary N) is 1. The van der Waals surface area contributed by atoms with Gasteiger partial charge in [0.15, 0.2) is 0 Å². The van der Waals surface area contributed by atoms with Crippen molar-refractivity contribution in [2.24, 2.45) is 0 Å². The number of hydrogen-bond donors (Lipinski definition) is 3. The lowest BCUT2D eigenvalue weighted by Crippen LogP contribution is -2.45. The molecule has 1 amide bonds. The predicted molar refractivity (Wildman–Crippen MR) is 248 cm³/mol. The summed E-state index contributed by atoms with van der Waals surface area (Å²) in [4.78, 5) is 12.4. The van der Waals surface area contributed by atoms with Gasteiger partial charge in [0.25, 0.3) is 0 Å². The molecule has 0 aromatic carbocycles. The van der Waals surface area contributed by atoms with Crippen LogP contribution in [0, 0.1) is 0 Å². The second-order valence-corrected chi connectivity index (χ2v) is 17.2. The van der Waals surface area contributed by atoms with Crippen LogP contribution in [-0.4, -0.2) is 34.9 Å². The first kappa shape index (κ1) is 54.6. The van der Waals surface area contributed by atoms with Crippen molar-refractivity contribution >= 4 is 5.91 Å². The first-order valence-corrected chi connectivity index (χ1v) is 25.2. The Kier molecular flexibility index (Phi) is 46.8. The fourth-order valence-corrected chi connectivity index (χ4v) is 7.78. The van der Waals surface area contributed by atoms with Gasteiger partial charge in [0.05, 0.1) is 18.8 Å². The summed E-state index contributed by atoms with van der Waals surface area (Å²) in [7, 11) is 0. The first-order valence-electron chi connectivity index (χ1n) is 25.2. The van der Waals surface area contributed by atoms with Gasteiger partial charge in [0, 0.05) is 6.42 Å². The zero-order valence-electron chi connectivity index (χ0n) is 37.9. The van der Waals surface area contributed by atoms with E-state index in [1.807, 2.05) is 0 Å². The van der Waals surface area contributed by atoms with E-state index >= 15 is 0 Å². The normalized spacial score (nSPS) is 13.1. The van der Waals surface area contributed by atoms with Crippen molar-refractivity contribution in [2.75, 3.05) is 6.61 Å². The highest BCUT2D eigenvalue weighted by atomic mass is 16.3. The highest BCUT2D eigenvalue weighted by Crippen LogP contribution is 2.17. The smallest absolute Gasteiger partial charge is 0.220 e. The molecule has 0 aromatic rings. The molecule has 0 rings (SSSR count). The Hall–Kier alpha value is -1.39. The molecule has 0 spiro atoms. The third-order valence-corrected chi connectivity index (χ3v) is 11.7. The van der Waals surface area contributed by atoms with Gasteiger partial charge >= 0.3 is 0 Å². The van der Waals surface area contributed by atoms with Gasteiger partial charge in [-0.05, 0) is 51.4 Å². The van der Waals surface area contributed by atoms with Crippen LogP contribution >= 0.6 is 0 Å². The molecule has 0 aliphatic carbocycles. The van der Waals surface area contributed by atoms with Crippen LogP contribution in [0.5, 0.6) is 0 Å². The number of aliphatic hydroxyl groups is 2. The molecule has 2 unspecified atom stereocenters. The number of amides is 1. The number of unbranched alkanes of at least 4 members (excludes halogenated alkanes) is 33. The Morgan fingerprint density at radius 2 is 0.732 bits per heavy atom. The quantitative estimate of drug-likeness (QED) is 0.0425. The summed E-state index contributed by atoms with van der Waals surface area (Å²) in [6, 6.07) is -0.544. The molecular weight excluding hydrogens is 687 g/mol. The standard InChI is InChI=1S/C52H99NO3/c1-3-5-7-9-11-13-15-17-19-21-23-24-25-26-27-28-30-31-33-35-37-39-41-43-45-47-51(55)50(49-54)53-52(56)48-46-44-42-40-38-36-34-32-29-22-20-18-16-14-12-10-8-6-4-2/h12,14,18,20,29,32,50-51,54-55H,3-11,13,15-17,19,21-28,30-31,33-49H2,1-2H3,(H,53,56)/b14-12-,20-18-,32-29-. The number of allylic oxidation sites excluding steroid dienone is 6. The zero-order valence-corrected chi connectivity index (χ0v) is 37.9. The van der Waals surface area contributed by atoms with Crippen molar-refractivity contribution in [1.82, 2.24) is 5.32 Å². The van der Waals surface area contributed by atoms with Crippen LogP contribution in [0.2, 0.25) is 0 Å². The molecular formula is C52H99NO3. The van der Waals surface area contributed by atoms with Gasteiger partial charge in [-0.25, -0.2) is 0 Å². The van der Waals surface area contributed by atoms with E-state index in [0.717, 1.165) is 51.4 Å². The third kappa shape index (κ3) is 43.7. The van der Waals surface area contributed by atoms with Gasteiger partial charge in [-0.1, -0.05) is 249 Å². The molecule has 0 aliphatic rings. The molecule has 0 saturated heterocycles. The minimum atomic E-state index is -0.666. The van der Waals surface area contributed by atoms with E-state index in [1.165, 1.54) is 193 Å². The van der Waals surface area contributed by atoms with Gasteiger partial charge in [0.1, 0.15) is 0 Å². The minimum Gasteiger partial charge on any atom is -0.394 e. The Bertz CT molecular complexity index is 851. The summed E-state index contributed by atoms with van der Waals surface area (Å²) in [6.45, 7) is 4.35. The molecule has 0 fully saturated rings. The maximum Gasteiger partial charge on any atom is 0.220 e. The van der Waals surface area contributed by atoms with Crippen LogP contribution in [0.4, 0.5) is 0 Å². The van der Waals surface area contributed by atoms with E-state index in [1.54, 1.807) is 0 Å². The highest BCUT2D eigenvalue weighted by molar-refractivity contribution is 5.76. The molecule has 330 valence electrons. The minimum absolute atomic E-state index is 0.0416. The molecule has 0 saturated carbocycles. The second kappa shape index (κ2) is 48.0. The molecule has 0 aromatic heterocycles. The molecule has 0 bridgehead atoms. The topological polar surface area (TPSA) is 69.6 Å².